The largest absolute Gasteiger partial charge is 0.208 e. The quantitative estimate of drug-likeness (QED) is 0.165. The molecule has 0 fully saturated rings. The van der Waals surface area contributed by atoms with Gasteiger partial charge < -0.3 is 0 Å². The highest BCUT2D eigenvalue weighted by molar-refractivity contribution is 6.01. The molecule has 0 atom stereocenters. The van der Waals surface area contributed by atoms with Gasteiger partial charge in [-0.2, -0.15) is 0 Å². The predicted octanol–water partition coefficient (Wildman–Crippen LogP) is 13.8. The van der Waals surface area contributed by atoms with Crippen LogP contribution in [0, 0.1) is 0 Å². The van der Waals surface area contributed by atoms with E-state index in [1.165, 1.54) is 32.7 Å². The molecule has 0 amide bonds. The number of fused-ring (bicyclic) bond motifs is 2. The summed E-state index contributed by atoms with van der Waals surface area (Å²) in [6, 6.07) is 74.7. The Bertz CT molecular complexity index is 3020. The van der Waals surface area contributed by atoms with Crippen LogP contribution < -0.4 is 0 Å². The van der Waals surface area contributed by atoms with Crippen LogP contribution in [0.5, 0.6) is 0 Å². The van der Waals surface area contributed by atoms with Crippen LogP contribution in [0.1, 0.15) is 0 Å². The van der Waals surface area contributed by atoms with E-state index in [9.17, 15) is 0 Å². The van der Waals surface area contributed by atoms with Crippen LogP contribution >= 0.6 is 0 Å². The van der Waals surface area contributed by atoms with E-state index in [1.807, 2.05) is 6.07 Å². The van der Waals surface area contributed by atoms with Gasteiger partial charge in [-0.15, -0.1) is 0 Å². The molecule has 10 rings (SSSR count). The summed E-state index contributed by atoms with van der Waals surface area (Å²) in [5, 5.41) is 4.77. The van der Waals surface area contributed by atoms with Gasteiger partial charge in [-0.1, -0.05) is 188 Å². The molecule has 1 aromatic heterocycles. The van der Waals surface area contributed by atoms with Crippen LogP contribution in [0.4, 0.5) is 0 Å². The van der Waals surface area contributed by atoms with Crippen molar-refractivity contribution in [3.63, 3.8) is 0 Å². The van der Waals surface area contributed by atoms with Crippen LogP contribution in [0.2, 0.25) is 0 Å². The zero-order valence-electron chi connectivity index (χ0n) is 30.5. The van der Waals surface area contributed by atoms with Crippen LogP contribution in [-0.2, 0) is 0 Å². The third kappa shape index (κ3) is 6.31. The summed E-state index contributed by atoms with van der Waals surface area (Å²) in [5.74, 6) is 1.87. The Morgan fingerprint density at radius 3 is 1.38 bits per heavy atom. The molecule has 10 aromatic rings. The van der Waals surface area contributed by atoms with E-state index in [0.717, 1.165) is 50.1 Å². The highest BCUT2D eigenvalue weighted by atomic mass is 15.0. The van der Waals surface area contributed by atoms with Gasteiger partial charge in [0.1, 0.15) is 0 Å². The lowest BCUT2D eigenvalue weighted by atomic mass is 9.92. The average molecular weight is 714 g/mol. The molecule has 0 N–H and O–H groups in total. The van der Waals surface area contributed by atoms with Gasteiger partial charge in [0.2, 0.25) is 0 Å². The summed E-state index contributed by atoms with van der Waals surface area (Å²) in [6.45, 7) is 0. The average Bonchev–Trinajstić information content (AvgIpc) is 3.29. The lowest BCUT2D eigenvalue weighted by molar-refractivity contribution is 1.07. The Labute approximate surface area is 326 Å². The molecule has 0 spiro atoms. The number of rotatable bonds is 7. The fourth-order valence-corrected chi connectivity index (χ4v) is 7.77. The van der Waals surface area contributed by atoms with Gasteiger partial charge in [0, 0.05) is 16.7 Å². The fraction of sp³-hybridized carbons (Fsp3) is 0. The van der Waals surface area contributed by atoms with Crippen molar-refractivity contribution in [1.29, 1.82) is 0 Å². The zero-order valence-corrected chi connectivity index (χ0v) is 30.5. The second kappa shape index (κ2) is 14.4. The summed E-state index contributed by atoms with van der Waals surface area (Å²) in [4.78, 5) is 15.8. The van der Waals surface area contributed by atoms with Gasteiger partial charge in [-0.05, 0) is 90.3 Å². The van der Waals surface area contributed by atoms with E-state index in [1.54, 1.807) is 0 Å². The summed E-state index contributed by atoms with van der Waals surface area (Å²) in [5.41, 5.74) is 11.9. The van der Waals surface area contributed by atoms with Crippen LogP contribution in [0.15, 0.2) is 212 Å². The Kier molecular flexibility index (Phi) is 8.51. The lowest BCUT2D eigenvalue weighted by Gasteiger charge is -2.15. The molecule has 0 radical (unpaired) electrons. The minimum Gasteiger partial charge on any atom is -0.208 e. The van der Waals surface area contributed by atoms with Crippen LogP contribution in [0.25, 0.3) is 100 Å². The summed E-state index contributed by atoms with van der Waals surface area (Å²) in [6.07, 6.45) is 0. The maximum absolute atomic E-state index is 5.29. The molecule has 0 bridgehead atoms. The Morgan fingerprint density at radius 2 is 0.661 bits per heavy atom. The van der Waals surface area contributed by atoms with Gasteiger partial charge in [0.25, 0.3) is 0 Å². The molecule has 0 unspecified atom stereocenters. The maximum atomic E-state index is 5.29. The molecular weight excluding hydrogens is 679 g/mol. The first-order valence-electron chi connectivity index (χ1n) is 18.9. The SMILES string of the molecule is c1ccc(-c2cccc(-c3nc(-c4cccc(-c5cc(-c6ccccc6)cc6ccccc56)c4)nc(-c4ccccc4-c4cccc5ccccc45)n3)c2)cc1. The normalized spacial score (nSPS) is 11.2. The molecule has 0 aliphatic rings. The third-order valence-corrected chi connectivity index (χ3v) is 10.5. The molecule has 0 saturated carbocycles. The minimum absolute atomic E-state index is 0.619. The second-order valence-electron chi connectivity index (χ2n) is 14.0. The van der Waals surface area contributed by atoms with E-state index in [4.69, 9.17) is 15.0 Å². The molecule has 1 heterocycles. The molecule has 9 aromatic carbocycles. The standard InChI is InChI=1S/C53H35N3/c1-3-16-36(17-4-1)39-23-13-25-42(32-39)51-54-52(56-53(55-51)49-30-12-11-29-48(49)47-31-15-22-38-20-7-9-27-45(38)47)43-26-14-24-41(33-43)50-35-44(37-18-5-2-6-19-37)34-40-21-8-10-28-46(40)50/h1-35H. The van der Waals surface area contributed by atoms with Crippen molar-refractivity contribution in [2.45, 2.75) is 0 Å². The second-order valence-corrected chi connectivity index (χ2v) is 14.0. The molecule has 3 heteroatoms. The molecule has 3 nitrogen and oxygen atoms in total. The van der Waals surface area contributed by atoms with Crippen molar-refractivity contribution in [1.82, 2.24) is 15.0 Å². The van der Waals surface area contributed by atoms with Gasteiger partial charge in [-0.3, -0.25) is 0 Å². The first-order chi connectivity index (χ1) is 27.7. The molecular formula is C53H35N3. The van der Waals surface area contributed by atoms with Gasteiger partial charge >= 0.3 is 0 Å². The summed E-state index contributed by atoms with van der Waals surface area (Å²) < 4.78 is 0. The van der Waals surface area contributed by atoms with Gasteiger partial charge in [-0.25, -0.2) is 15.0 Å². The predicted molar refractivity (Wildman–Crippen MR) is 233 cm³/mol. The first-order valence-corrected chi connectivity index (χ1v) is 18.9. The highest BCUT2D eigenvalue weighted by Crippen LogP contribution is 2.38. The van der Waals surface area contributed by atoms with E-state index in [2.05, 4.69) is 206 Å². The van der Waals surface area contributed by atoms with E-state index in [0.29, 0.717) is 17.5 Å². The number of hydrogen-bond donors (Lipinski definition) is 0. The van der Waals surface area contributed by atoms with Crippen molar-refractivity contribution in [2.24, 2.45) is 0 Å². The van der Waals surface area contributed by atoms with Gasteiger partial charge in [0.05, 0.1) is 0 Å². The van der Waals surface area contributed by atoms with E-state index < -0.39 is 0 Å². The molecule has 0 aliphatic carbocycles. The molecule has 56 heavy (non-hydrogen) atoms. The number of hydrogen-bond acceptors (Lipinski definition) is 3. The fourth-order valence-electron chi connectivity index (χ4n) is 7.77. The molecule has 0 aliphatic heterocycles. The maximum Gasteiger partial charge on any atom is 0.164 e. The Morgan fingerprint density at radius 1 is 0.214 bits per heavy atom. The Hall–Kier alpha value is -7.49. The van der Waals surface area contributed by atoms with Crippen molar-refractivity contribution in [3.8, 4) is 78.7 Å². The molecule has 0 saturated heterocycles. The summed E-state index contributed by atoms with van der Waals surface area (Å²) >= 11 is 0. The smallest absolute Gasteiger partial charge is 0.164 e. The zero-order chi connectivity index (χ0) is 37.3. The number of nitrogens with zero attached hydrogens (tertiary/aromatic N) is 3. The topological polar surface area (TPSA) is 38.7 Å². The van der Waals surface area contributed by atoms with Crippen molar-refractivity contribution in [3.05, 3.63) is 212 Å². The monoisotopic (exact) mass is 713 g/mol. The molecule has 262 valence electrons. The highest BCUT2D eigenvalue weighted by Gasteiger charge is 2.18. The first kappa shape index (κ1) is 33.1. The van der Waals surface area contributed by atoms with Crippen molar-refractivity contribution >= 4 is 21.5 Å². The van der Waals surface area contributed by atoms with Crippen LogP contribution in [0.3, 0.4) is 0 Å². The summed E-state index contributed by atoms with van der Waals surface area (Å²) in [7, 11) is 0. The van der Waals surface area contributed by atoms with Crippen LogP contribution in [-0.4, -0.2) is 15.0 Å². The lowest BCUT2D eigenvalue weighted by Crippen LogP contribution is -2.01. The minimum atomic E-state index is 0.619. The van der Waals surface area contributed by atoms with E-state index in [-0.39, 0.29) is 0 Å². The van der Waals surface area contributed by atoms with Crippen molar-refractivity contribution < 1.29 is 0 Å². The van der Waals surface area contributed by atoms with E-state index >= 15 is 0 Å². The number of benzene rings is 9. The number of aromatic nitrogens is 3. The Balaban J connectivity index is 1.17. The third-order valence-electron chi connectivity index (χ3n) is 10.5. The van der Waals surface area contributed by atoms with Gasteiger partial charge in [0.15, 0.2) is 17.5 Å². The van der Waals surface area contributed by atoms with Crippen molar-refractivity contribution in [2.75, 3.05) is 0 Å².